The average molecular weight is 407 g/mol. The Morgan fingerprint density at radius 3 is 2.44 bits per heavy atom. The van der Waals surface area contributed by atoms with Gasteiger partial charge in [-0.2, -0.15) is 0 Å². The van der Waals surface area contributed by atoms with Gasteiger partial charge in [-0.3, -0.25) is 9.59 Å². The summed E-state index contributed by atoms with van der Waals surface area (Å²) in [5.41, 5.74) is 1.65. The number of benzene rings is 2. The Morgan fingerprint density at radius 2 is 1.81 bits per heavy atom. The number of hydrogen-bond donors (Lipinski definition) is 1. The number of nitrogens with one attached hydrogen (secondary N) is 1. The van der Waals surface area contributed by atoms with Gasteiger partial charge >= 0.3 is 0 Å². The molecule has 2 amide bonds. The molecule has 4 nitrogen and oxygen atoms in total. The lowest BCUT2D eigenvalue weighted by molar-refractivity contribution is -0.140. The lowest BCUT2D eigenvalue weighted by Crippen LogP contribution is -2.48. The van der Waals surface area contributed by atoms with Crippen molar-refractivity contribution >= 4 is 35.0 Å². The smallest absolute Gasteiger partial charge is 0.242 e. The first kappa shape index (κ1) is 21.3. The zero-order chi connectivity index (χ0) is 19.8. The minimum Gasteiger partial charge on any atom is -0.354 e. The molecule has 0 aliphatic rings. The molecule has 27 heavy (non-hydrogen) atoms. The summed E-state index contributed by atoms with van der Waals surface area (Å²) >= 11 is 12.1. The van der Waals surface area contributed by atoms with Crippen LogP contribution in [0.1, 0.15) is 31.4 Å². The maximum atomic E-state index is 13.0. The highest BCUT2D eigenvalue weighted by molar-refractivity contribution is 6.35. The summed E-state index contributed by atoms with van der Waals surface area (Å²) in [6.07, 6.45) is 0.944. The number of hydrogen-bond acceptors (Lipinski definition) is 2. The summed E-state index contributed by atoms with van der Waals surface area (Å²) in [5, 5.41) is 3.82. The van der Waals surface area contributed by atoms with Gasteiger partial charge in [-0.1, -0.05) is 66.5 Å². The van der Waals surface area contributed by atoms with E-state index < -0.39 is 6.04 Å². The van der Waals surface area contributed by atoms with Crippen molar-refractivity contribution in [2.24, 2.45) is 0 Å². The summed E-state index contributed by atoms with van der Waals surface area (Å²) in [5.74, 6) is -0.328. The summed E-state index contributed by atoms with van der Waals surface area (Å²) in [6.45, 7) is 4.67. The lowest BCUT2D eigenvalue weighted by atomic mass is 10.1. The molecule has 0 saturated carbocycles. The zero-order valence-electron chi connectivity index (χ0n) is 15.5. The van der Waals surface area contributed by atoms with Crippen LogP contribution in [0.25, 0.3) is 0 Å². The Morgan fingerprint density at radius 1 is 1.11 bits per heavy atom. The van der Waals surface area contributed by atoms with Crippen LogP contribution < -0.4 is 5.32 Å². The topological polar surface area (TPSA) is 49.4 Å². The molecule has 0 radical (unpaired) electrons. The van der Waals surface area contributed by atoms with Gasteiger partial charge in [0.1, 0.15) is 6.04 Å². The number of carbonyl (C=O) groups is 2. The van der Waals surface area contributed by atoms with E-state index in [4.69, 9.17) is 23.2 Å². The normalized spacial score (nSPS) is 11.7. The van der Waals surface area contributed by atoms with E-state index in [2.05, 4.69) is 5.32 Å². The van der Waals surface area contributed by atoms with Gasteiger partial charge in [0.2, 0.25) is 11.8 Å². The van der Waals surface area contributed by atoms with Gasteiger partial charge in [-0.25, -0.2) is 0 Å². The van der Waals surface area contributed by atoms with Crippen LogP contribution in [0.2, 0.25) is 10.0 Å². The molecule has 6 heteroatoms. The number of amides is 2. The van der Waals surface area contributed by atoms with Crippen LogP contribution >= 0.6 is 23.2 Å². The Hall–Kier alpha value is -2.04. The third kappa shape index (κ3) is 6.26. The Bertz CT molecular complexity index is 781. The molecule has 1 N–H and O–H groups in total. The monoisotopic (exact) mass is 406 g/mol. The first-order chi connectivity index (χ1) is 12.9. The van der Waals surface area contributed by atoms with Crippen LogP contribution in [0.15, 0.2) is 48.5 Å². The Kier molecular flexibility index (Phi) is 8.14. The van der Waals surface area contributed by atoms with Gasteiger partial charge in [0.05, 0.1) is 6.42 Å². The van der Waals surface area contributed by atoms with Crippen LogP contribution in [0.3, 0.4) is 0 Å². The van der Waals surface area contributed by atoms with E-state index >= 15 is 0 Å². The summed E-state index contributed by atoms with van der Waals surface area (Å²) in [4.78, 5) is 27.1. The zero-order valence-corrected chi connectivity index (χ0v) is 17.1. The van der Waals surface area contributed by atoms with Crippen molar-refractivity contribution < 1.29 is 9.59 Å². The average Bonchev–Trinajstić information content (AvgIpc) is 2.66. The summed E-state index contributed by atoms with van der Waals surface area (Å²) in [6, 6.07) is 14.1. The molecule has 144 valence electrons. The van der Waals surface area contributed by atoms with Gasteiger partial charge in [-0.15, -0.1) is 0 Å². The van der Waals surface area contributed by atoms with E-state index in [-0.39, 0.29) is 18.2 Å². The molecular formula is C21H24Cl2N2O2. The van der Waals surface area contributed by atoms with Gasteiger partial charge in [0.15, 0.2) is 0 Å². The number of rotatable bonds is 8. The predicted molar refractivity (Wildman–Crippen MR) is 110 cm³/mol. The van der Waals surface area contributed by atoms with Crippen LogP contribution in [0.4, 0.5) is 0 Å². The standard InChI is InChI=1S/C21H24Cl2N2O2/c1-3-11-24-21(27)15(2)25(14-16-7-5-4-6-8-16)20(26)12-17-9-10-18(22)13-19(17)23/h4-10,13,15H,3,11-12,14H2,1-2H3,(H,24,27)/t15-/m0/s1. The maximum Gasteiger partial charge on any atom is 0.242 e. The van der Waals surface area contributed by atoms with E-state index in [1.165, 1.54) is 0 Å². The van der Waals surface area contributed by atoms with Gasteiger partial charge < -0.3 is 10.2 Å². The van der Waals surface area contributed by atoms with Crippen molar-refractivity contribution in [1.82, 2.24) is 10.2 Å². The molecule has 0 heterocycles. The molecule has 2 aromatic carbocycles. The fourth-order valence-corrected chi connectivity index (χ4v) is 3.16. The lowest BCUT2D eigenvalue weighted by Gasteiger charge is -2.29. The quantitative estimate of drug-likeness (QED) is 0.702. The van der Waals surface area contributed by atoms with Gasteiger partial charge in [-0.05, 0) is 36.6 Å². The molecule has 2 aromatic rings. The van der Waals surface area contributed by atoms with Crippen LogP contribution in [-0.4, -0.2) is 29.3 Å². The van der Waals surface area contributed by atoms with E-state index in [1.807, 2.05) is 37.3 Å². The highest BCUT2D eigenvalue weighted by Gasteiger charge is 2.26. The second-order valence-corrected chi connectivity index (χ2v) is 7.23. The molecular weight excluding hydrogens is 383 g/mol. The number of carbonyl (C=O) groups excluding carboxylic acids is 2. The van der Waals surface area contributed by atoms with Crippen molar-refractivity contribution in [2.75, 3.05) is 6.54 Å². The maximum absolute atomic E-state index is 13.0. The van der Waals surface area contributed by atoms with E-state index in [9.17, 15) is 9.59 Å². The minimum atomic E-state index is -0.588. The molecule has 1 atom stereocenters. The van der Waals surface area contributed by atoms with Crippen molar-refractivity contribution in [3.8, 4) is 0 Å². The Labute approximate surface area is 170 Å². The third-order valence-electron chi connectivity index (χ3n) is 4.27. The van der Waals surface area contributed by atoms with Crippen LogP contribution in [-0.2, 0) is 22.6 Å². The van der Waals surface area contributed by atoms with E-state index in [0.717, 1.165) is 12.0 Å². The molecule has 0 fully saturated rings. The molecule has 0 aromatic heterocycles. The summed E-state index contributed by atoms with van der Waals surface area (Å²) in [7, 11) is 0. The number of halogens is 2. The molecule has 0 bridgehead atoms. The fraction of sp³-hybridized carbons (Fsp3) is 0.333. The fourth-order valence-electron chi connectivity index (χ4n) is 2.69. The first-order valence-corrected chi connectivity index (χ1v) is 9.73. The second-order valence-electron chi connectivity index (χ2n) is 6.39. The van der Waals surface area contributed by atoms with Crippen LogP contribution in [0.5, 0.6) is 0 Å². The largest absolute Gasteiger partial charge is 0.354 e. The molecule has 0 saturated heterocycles. The van der Waals surface area contributed by atoms with Gasteiger partial charge in [0.25, 0.3) is 0 Å². The molecule has 2 rings (SSSR count). The molecule has 0 aliphatic carbocycles. The van der Waals surface area contributed by atoms with Gasteiger partial charge in [0, 0.05) is 23.1 Å². The van der Waals surface area contributed by atoms with Crippen LogP contribution in [0, 0.1) is 0 Å². The van der Waals surface area contributed by atoms with Crippen molar-refractivity contribution in [1.29, 1.82) is 0 Å². The molecule has 0 unspecified atom stereocenters. The van der Waals surface area contributed by atoms with Crippen molar-refractivity contribution in [3.63, 3.8) is 0 Å². The second kappa shape index (κ2) is 10.3. The molecule has 0 aliphatic heterocycles. The van der Waals surface area contributed by atoms with Crippen molar-refractivity contribution in [2.45, 2.75) is 39.3 Å². The predicted octanol–water partition coefficient (Wildman–Crippen LogP) is 4.48. The first-order valence-electron chi connectivity index (χ1n) is 8.97. The summed E-state index contributed by atoms with van der Waals surface area (Å²) < 4.78 is 0. The van der Waals surface area contributed by atoms with E-state index in [1.54, 1.807) is 30.0 Å². The molecule has 0 spiro atoms. The Balaban J connectivity index is 2.21. The highest BCUT2D eigenvalue weighted by Crippen LogP contribution is 2.22. The SMILES string of the molecule is CCCNC(=O)[C@H](C)N(Cc1ccccc1)C(=O)Cc1ccc(Cl)cc1Cl. The van der Waals surface area contributed by atoms with Crippen molar-refractivity contribution in [3.05, 3.63) is 69.7 Å². The van der Waals surface area contributed by atoms with E-state index in [0.29, 0.717) is 28.7 Å². The highest BCUT2D eigenvalue weighted by atomic mass is 35.5. The third-order valence-corrected chi connectivity index (χ3v) is 4.86. The minimum absolute atomic E-state index is 0.105. The number of nitrogens with zero attached hydrogens (tertiary/aromatic N) is 1.